The molecule has 0 spiro atoms. The Bertz CT molecular complexity index is 818. The van der Waals surface area contributed by atoms with E-state index in [4.69, 9.17) is 9.47 Å². The van der Waals surface area contributed by atoms with Crippen LogP contribution in [0.1, 0.15) is 58.9 Å². The van der Waals surface area contributed by atoms with E-state index in [1.807, 2.05) is 24.3 Å². The zero-order valence-electron chi connectivity index (χ0n) is 19.3. The lowest BCUT2D eigenvalue weighted by atomic mass is 9.67. The largest absolute Gasteiger partial charge is 0.497 e. The topological polar surface area (TPSA) is 72.9 Å². The molecule has 1 saturated heterocycles. The molecule has 4 atom stereocenters. The van der Waals surface area contributed by atoms with Crippen LogP contribution in [0.3, 0.4) is 0 Å². The number of carbonyl (C=O) groups is 3. The summed E-state index contributed by atoms with van der Waals surface area (Å²) < 4.78 is 11.1. The zero-order valence-corrected chi connectivity index (χ0v) is 19.3. The van der Waals surface area contributed by atoms with Crippen LogP contribution in [-0.2, 0) is 25.5 Å². The van der Waals surface area contributed by atoms with Crippen molar-refractivity contribution in [1.82, 2.24) is 4.90 Å². The van der Waals surface area contributed by atoms with Crippen LogP contribution in [0.15, 0.2) is 24.3 Å². The van der Waals surface area contributed by atoms with Crippen molar-refractivity contribution in [2.45, 2.75) is 71.9 Å². The average molecular weight is 430 g/mol. The second kappa shape index (κ2) is 9.41. The molecule has 1 heterocycles. The molecule has 4 unspecified atom stereocenters. The second-order valence-corrected chi connectivity index (χ2v) is 9.63. The van der Waals surface area contributed by atoms with E-state index in [1.54, 1.807) is 7.11 Å². The molecule has 3 rings (SSSR count). The summed E-state index contributed by atoms with van der Waals surface area (Å²) in [7, 11) is 1.61. The summed E-state index contributed by atoms with van der Waals surface area (Å²) in [4.78, 5) is 39.2. The van der Waals surface area contributed by atoms with Crippen molar-refractivity contribution in [2.24, 2.45) is 17.3 Å². The third kappa shape index (κ3) is 4.94. The molecule has 1 aromatic carbocycles. The molecule has 2 fully saturated rings. The third-order valence-corrected chi connectivity index (χ3v) is 7.33. The van der Waals surface area contributed by atoms with Crippen molar-refractivity contribution < 1.29 is 23.9 Å². The molecule has 1 aliphatic carbocycles. The monoisotopic (exact) mass is 429 g/mol. The lowest BCUT2D eigenvalue weighted by Gasteiger charge is -2.46. The maximum absolute atomic E-state index is 13.1. The number of hydrogen-bond acceptors (Lipinski definition) is 5. The van der Waals surface area contributed by atoms with Gasteiger partial charge in [-0.05, 0) is 68.1 Å². The van der Waals surface area contributed by atoms with Crippen molar-refractivity contribution in [3.8, 4) is 5.75 Å². The van der Waals surface area contributed by atoms with Crippen LogP contribution in [0.5, 0.6) is 5.75 Å². The van der Waals surface area contributed by atoms with Gasteiger partial charge in [0, 0.05) is 6.54 Å². The predicted molar refractivity (Wildman–Crippen MR) is 118 cm³/mol. The Morgan fingerprint density at radius 1 is 1.23 bits per heavy atom. The van der Waals surface area contributed by atoms with E-state index >= 15 is 0 Å². The summed E-state index contributed by atoms with van der Waals surface area (Å²) in [5.74, 6) is -0.633. The average Bonchev–Trinajstić information content (AvgIpc) is 2.72. The number of carbonyl (C=O) groups excluding carboxylic acids is 3. The molecule has 1 aromatic rings. The number of methoxy groups -OCH3 is 1. The van der Waals surface area contributed by atoms with Gasteiger partial charge in [0.15, 0.2) is 0 Å². The summed E-state index contributed by atoms with van der Waals surface area (Å²) >= 11 is 0. The summed E-state index contributed by atoms with van der Waals surface area (Å²) in [6.07, 6.45) is 4.26. The van der Waals surface area contributed by atoms with Gasteiger partial charge in [0.2, 0.25) is 5.91 Å². The summed E-state index contributed by atoms with van der Waals surface area (Å²) in [5, 5.41) is 0. The second-order valence-electron chi connectivity index (χ2n) is 9.63. The van der Waals surface area contributed by atoms with Gasteiger partial charge in [-0.3, -0.25) is 9.59 Å². The smallest absolute Gasteiger partial charge is 0.330 e. The van der Waals surface area contributed by atoms with Crippen molar-refractivity contribution >= 4 is 17.7 Å². The predicted octanol–water partition coefficient (Wildman–Crippen LogP) is 3.80. The summed E-state index contributed by atoms with van der Waals surface area (Å²) in [6.45, 7) is 8.43. The maximum Gasteiger partial charge on any atom is 0.330 e. The summed E-state index contributed by atoms with van der Waals surface area (Å²) in [5.41, 5.74) is 1.18. The molecule has 1 aliphatic heterocycles. The number of hydrogen-bond donors (Lipinski definition) is 0. The van der Waals surface area contributed by atoms with Gasteiger partial charge in [-0.2, -0.15) is 0 Å². The van der Waals surface area contributed by atoms with Gasteiger partial charge >= 0.3 is 5.97 Å². The lowest BCUT2D eigenvalue weighted by molar-refractivity contribution is -0.181. The molecule has 0 radical (unpaired) electrons. The zero-order chi connectivity index (χ0) is 22.8. The number of benzene rings is 1. The van der Waals surface area contributed by atoms with E-state index in [0.29, 0.717) is 18.9 Å². The Balaban J connectivity index is 1.65. The van der Waals surface area contributed by atoms with Gasteiger partial charge in [0.1, 0.15) is 29.6 Å². The Hall–Kier alpha value is -2.37. The van der Waals surface area contributed by atoms with Gasteiger partial charge in [-0.15, -0.1) is 0 Å². The molecule has 2 aliphatic rings. The highest BCUT2D eigenvalue weighted by Gasteiger charge is 2.55. The Kier molecular flexibility index (Phi) is 7.07. The van der Waals surface area contributed by atoms with E-state index in [2.05, 4.69) is 20.8 Å². The number of β-lactam (4-membered cyclic amide) rings is 1. The number of nitrogens with zero attached hydrogens (tertiary/aromatic N) is 1. The SMILES string of the molecule is COc1ccc(CCN2C(=O)C(C(C)=O)C2C(=O)OC2CCCC(C)(C(C)C)C2)cc1. The number of Topliss-reactive ketones (excluding diaryl/α,β-unsaturated/α-hetero) is 1. The number of rotatable bonds is 8. The number of amides is 1. The minimum atomic E-state index is -0.913. The van der Waals surface area contributed by atoms with Crippen molar-refractivity contribution in [2.75, 3.05) is 13.7 Å². The molecule has 1 saturated carbocycles. The molecule has 31 heavy (non-hydrogen) atoms. The van der Waals surface area contributed by atoms with Gasteiger partial charge in [-0.25, -0.2) is 4.79 Å². The Labute approximate surface area is 185 Å². The van der Waals surface area contributed by atoms with Gasteiger partial charge < -0.3 is 14.4 Å². The van der Waals surface area contributed by atoms with E-state index < -0.39 is 17.9 Å². The number of ketones is 1. The highest BCUT2D eigenvalue weighted by Crippen LogP contribution is 2.43. The quantitative estimate of drug-likeness (QED) is 0.357. The number of ether oxygens (including phenoxy) is 2. The number of esters is 1. The van der Waals surface area contributed by atoms with Crippen LogP contribution in [-0.4, -0.2) is 48.4 Å². The lowest BCUT2D eigenvalue weighted by Crippen LogP contribution is -2.67. The Morgan fingerprint density at radius 2 is 1.90 bits per heavy atom. The van der Waals surface area contributed by atoms with Crippen LogP contribution in [0, 0.1) is 17.3 Å². The molecule has 0 aromatic heterocycles. The van der Waals surface area contributed by atoms with Crippen LogP contribution in [0.25, 0.3) is 0 Å². The molecular weight excluding hydrogens is 394 g/mol. The number of likely N-dealkylation sites (tertiary alicyclic amines) is 1. The highest BCUT2D eigenvalue weighted by molar-refractivity contribution is 6.11. The van der Waals surface area contributed by atoms with Crippen molar-refractivity contribution in [1.29, 1.82) is 0 Å². The molecule has 1 amide bonds. The Morgan fingerprint density at radius 3 is 2.48 bits per heavy atom. The fourth-order valence-electron chi connectivity index (χ4n) is 4.82. The van der Waals surface area contributed by atoms with Crippen LogP contribution in [0.2, 0.25) is 0 Å². The van der Waals surface area contributed by atoms with E-state index in [1.165, 1.54) is 11.8 Å². The fraction of sp³-hybridized carbons (Fsp3) is 0.640. The minimum absolute atomic E-state index is 0.145. The van der Waals surface area contributed by atoms with E-state index in [-0.39, 0.29) is 23.2 Å². The maximum atomic E-state index is 13.1. The first kappa shape index (κ1) is 23.3. The molecule has 0 bridgehead atoms. The summed E-state index contributed by atoms with van der Waals surface area (Å²) in [6, 6.07) is 6.80. The standard InChI is InChI=1S/C25H35NO5/c1-16(2)25(4)13-6-7-20(15-25)31-24(29)22-21(17(3)27)23(28)26(22)14-12-18-8-10-19(30-5)11-9-18/h8-11,16,20-22H,6-7,12-15H2,1-5H3. The van der Waals surface area contributed by atoms with Crippen molar-refractivity contribution in [3.63, 3.8) is 0 Å². The van der Waals surface area contributed by atoms with Crippen molar-refractivity contribution in [3.05, 3.63) is 29.8 Å². The molecule has 6 heteroatoms. The van der Waals surface area contributed by atoms with Crippen LogP contribution < -0.4 is 4.74 Å². The highest BCUT2D eigenvalue weighted by atomic mass is 16.5. The van der Waals surface area contributed by atoms with Gasteiger partial charge in [-0.1, -0.05) is 32.9 Å². The molecular formula is C25H35NO5. The third-order valence-electron chi connectivity index (χ3n) is 7.33. The molecule has 0 N–H and O–H groups in total. The van der Waals surface area contributed by atoms with Crippen LogP contribution >= 0.6 is 0 Å². The fourth-order valence-corrected chi connectivity index (χ4v) is 4.82. The normalized spacial score (nSPS) is 28.3. The van der Waals surface area contributed by atoms with Crippen LogP contribution in [0.4, 0.5) is 0 Å². The van der Waals surface area contributed by atoms with Gasteiger partial charge in [0.05, 0.1) is 7.11 Å². The minimum Gasteiger partial charge on any atom is -0.497 e. The van der Waals surface area contributed by atoms with Gasteiger partial charge in [0.25, 0.3) is 0 Å². The first-order valence-electron chi connectivity index (χ1n) is 11.3. The first-order chi connectivity index (χ1) is 14.7. The van der Waals surface area contributed by atoms with E-state index in [0.717, 1.165) is 37.0 Å². The molecule has 170 valence electrons. The van der Waals surface area contributed by atoms with E-state index in [9.17, 15) is 14.4 Å². The first-order valence-corrected chi connectivity index (χ1v) is 11.3. The molecule has 6 nitrogen and oxygen atoms in total.